The Bertz CT molecular complexity index is 243. The molecule has 0 aromatic rings. The Hall–Kier alpha value is 0.250. The fourth-order valence-corrected chi connectivity index (χ4v) is 3.90. The first kappa shape index (κ1) is 12.7. The van der Waals surface area contributed by atoms with E-state index in [0.29, 0.717) is 5.41 Å². The first-order chi connectivity index (χ1) is 7.44. The van der Waals surface area contributed by atoms with Gasteiger partial charge < -0.3 is 4.74 Å². The molecule has 1 saturated heterocycles. The van der Waals surface area contributed by atoms with Crippen LogP contribution in [0.4, 0.5) is 0 Å². The van der Waals surface area contributed by atoms with Crippen molar-refractivity contribution in [3.05, 3.63) is 0 Å². The average molecular weight is 245 g/mol. The summed E-state index contributed by atoms with van der Waals surface area (Å²) in [6.07, 6.45) is 7.54. The second kappa shape index (κ2) is 4.49. The molecule has 2 rings (SSSR count). The quantitative estimate of drug-likeness (QED) is 0.670. The van der Waals surface area contributed by atoms with E-state index in [9.17, 15) is 0 Å². The van der Waals surface area contributed by atoms with Crippen molar-refractivity contribution < 1.29 is 4.74 Å². The van der Waals surface area contributed by atoms with Gasteiger partial charge in [-0.1, -0.05) is 13.8 Å². The molecule has 2 atom stereocenters. The molecule has 2 fully saturated rings. The van der Waals surface area contributed by atoms with Crippen molar-refractivity contribution in [3.63, 3.8) is 0 Å². The minimum absolute atomic E-state index is 0.274. The molecule has 1 heterocycles. The number of hydrogen-bond acceptors (Lipinski definition) is 1. The van der Waals surface area contributed by atoms with Gasteiger partial charge in [0.05, 0.1) is 5.60 Å². The summed E-state index contributed by atoms with van der Waals surface area (Å²) >= 11 is 6.17. The van der Waals surface area contributed by atoms with Gasteiger partial charge >= 0.3 is 0 Å². The van der Waals surface area contributed by atoms with Gasteiger partial charge in [0.25, 0.3) is 0 Å². The maximum atomic E-state index is 6.17. The van der Waals surface area contributed by atoms with Crippen molar-refractivity contribution in [2.45, 2.75) is 70.3 Å². The third kappa shape index (κ3) is 2.56. The molecule has 0 N–H and O–H groups in total. The van der Waals surface area contributed by atoms with Crippen molar-refractivity contribution >= 4 is 11.6 Å². The lowest BCUT2D eigenvalue weighted by Crippen LogP contribution is -2.48. The van der Waals surface area contributed by atoms with Crippen molar-refractivity contribution in [3.8, 4) is 0 Å². The zero-order valence-electron chi connectivity index (χ0n) is 10.9. The van der Waals surface area contributed by atoms with E-state index < -0.39 is 0 Å². The van der Waals surface area contributed by atoms with Gasteiger partial charge in [0.15, 0.2) is 0 Å². The van der Waals surface area contributed by atoms with Crippen LogP contribution < -0.4 is 0 Å². The van der Waals surface area contributed by atoms with E-state index in [0.717, 1.165) is 18.9 Å². The Labute approximate surface area is 105 Å². The molecule has 1 nitrogen and oxygen atoms in total. The molecule has 0 aromatic heterocycles. The van der Waals surface area contributed by atoms with Gasteiger partial charge in [0, 0.05) is 12.0 Å². The molecule has 1 aliphatic carbocycles. The van der Waals surface area contributed by atoms with Gasteiger partial charge in [0.1, 0.15) is 0 Å². The van der Waals surface area contributed by atoms with Crippen molar-refractivity contribution in [2.75, 3.05) is 6.61 Å². The maximum absolute atomic E-state index is 6.17. The van der Waals surface area contributed by atoms with Crippen LogP contribution in [0.25, 0.3) is 0 Å². The number of hydrogen-bond donors (Lipinski definition) is 0. The van der Waals surface area contributed by atoms with E-state index in [1.165, 1.54) is 32.1 Å². The topological polar surface area (TPSA) is 9.23 Å². The largest absolute Gasteiger partial charge is 0.375 e. The van der Waals surface area contributed by atoms with Crippen molar-refractivity contribution in [1.29, 1.82) is 0 Å². The zero-order valence-corrected chi connectivity index (χ0v) is 11.6. The molecule has 0 aromatic carbocycles. The van der Waals surface area contributed by atoms with Gasteiger partial charge in [-0.05, 0) is 56.8 Å². The lowest BCUT2D eigenvalue weighted by atomic mass is 9.64. The smallest absolute Gasteiger partial charge is 0.0685 e. The molecular weight excluding hydrogens is 220 g/mol. The van der Waals surface area contributed by atoms with E-state index in [4.69, 9.17) is 16.3 Å². The Morgan fingerprint density at radius 3 is 2.62 bits per heavy atom. The van der Waals surface area contributed by atoms with E-state index in [1.54, 1.807) is 0 Å². The summed E-state index contributed by atoms with van der Waals surface area (Å²) in [5, 5.41) is 0.287. The van der Waals surface area contributed by atoms with Crippen LogP contribution in [0.1, 0.15) is 59.3 Å². The molecule has 0 bridgehead atoms. The van der Waals surface area contributed by atoms with Gasteiger partial charge in [-0.2, -0.15) is 0 Å². The van der Waals surface area contributed by atoms with Crippen LogP contribution in [0.3, 0.4) is 0 Å². The summed E-state index contributed by atoms with van der Waals surface area (Å²) in [4.78, 5) is 0. The second-order valence-electron chi connectivity index (χ2n) is 6.55. The minimum atomic E-state index is 0.274. The standard InChI is InChI=1S/C14H25ClO/c1-11(15)9-13(2,3)12-5-8-16-14(10-12)6-4-7-14/h11-12H,4-10H2,1-3H3. The molecule has 2 aliphatic rings. The Morgan fingerprint density at radius 2 is 2.12 bits per heavy atom. The van der Waals surface area contributed by atoms with Crippen LogP contribution in [-0.4, -0.2) is 17.6 Å². The Balaban J connectivity index is 1.97. The molecule has 0 radical (unpaired) electrons. The van der Waals surface area contributed by atoms with E-state index in [1.807, 2.05) is 0 Å². The molecule has 2 heteroatoms. The molecule has 1 spiro atoms. The molecule has 94 valence electrons. The van der Waals surface area contributed by atoms with Crippen molar-refractivity contribution in [2.24, 2.45) is 11.3 Å². The van der Waals surface area contributed by atoms with Gasteiger partial charge in [-0.25, -0.2) is 0 Å². The van der Waals surface area contributed by atoms with Crippen LogP contribution in [-0.2, 0) is 4.74 Å². The van der Waals surface area contributed by atoms with Gasteiger partial charge in [-0.3, -0.25) is 0 Å². The first-order valence-electron chi connectivity index (χ1n) is 6.72. The monoisotopic (exact) mass is 244 g/mol. The number of ether oxygens (including phenoxy) is 1. The fraction of sp³-hybridized carbons (Fsp3) is 1.00. The van der Waals surface area contributed by atoms with Crippen LogP contribution in [0, 0.1) is 11.3 Å². The fourth-order valence-electron chi connectivity index (χ4n) is 3.51. The Kier molecular flexibility index (Phi) is 3.57. The third-order valence-corrected chi connectivity index (χ3v) is 4.82. The summed E-state index contributed by atoms with van der Waals surface area (Å²) in [5.74, 6) is 0.794. The number of alkyl halides is 1. The average Bonchev–Trinajstić information content (AvgIpc) is 2.14. The van der Waals surface area contributed by atoms with Gasteiger partial charge in [0.2, 0.25) is 0 Å². The molecule has 0 amide bonds. The SMILES string of the molecule is CC(Cl)CC(C)(C)C1CCOC2(CCC2)C1. The van der Waals surface area contributed by atoms with Crippen LogP contribution in [0.2, 0.25) is 0 Å². The summed E-state index contributed by atoms with van der Waals surface area (Å²) < 4.78 is 6.00. The minimum Gasteiger partial charge on any atom is -0.375 e. The highest BCUT2D eigenvalue weighted by molar-refractivity contribution is 6.20. The summed E-state index contributed by atoms with van der Waals surface area (Å²) in [5.41, 5.74) is 0.642. The summed E-state index contributed by atoms with van der Waals surface area (Å²) in [6, 6.07) is 0. The van der Waals surface area contributed by atoms with E-state index in [-0.39, 0.29) is 11.0 Å². The molecular formula is C14H25ClO. The number of halogens is 1. The predicted octanol–water partition coefficient (Wildman–Crippen LogP) is 4.38. The zero-order chi connectivity index (χ0) is 11.8. The molecule has 1 saturated carbocycles. The third-order valence-electron chi connectivity index (χ3n) is 4.67. The lowest BCUT2D eigenvalue weighted by Gasteiger charge is -2.51. The van der Waals surface area contributed by atoms with E-state index >= 15 is 0 Å². The lowest BCUT2D eigenvalue weighted by molar-refractivity contribution is -0.158. The highest BCUT2D eigenvalue weighted by atomic mass is 35.5. The van der Waals surface area contributed by atoms with E-state index in [2.05, 4.69) is 20.8 Å². The number of rotatable bonds is 3. The highest BCUT2D eigenvalue weighted by Gasteiger charge is 2.46. The normalized spacial score (nSPS) is 31.1. The van der Waals surface area contributed by atoms with Crippen LogP contribution in [0.5, 0.6) is 0 Å². The molecule has 16 heavy (non-hydrogen) atoms. The Morgan fingerprint density at radius 1 is 1.44 bits per heavy atom. The van der Waals surface area contributed by atoms with Crippen LogP contribution >= 0.6 is 11.6 Å². The summed E-state index contributed by atoms with van der Waals surface area (Å²) in [6.45, 7) is 7.84. The molecule has 2 unspecified atom stereocenters. The maximum Gasteiger partial charge on any atom is 0.0685 e. The first-order valence-corrected chi connectivity index (χ1v) is 7.15. The van der Waals surface area contributed by atoms with Gasteiger partial charge in [-0.15, -0.1) is 11.6 Å². The highest BCUT2D eigenvalue weighted by Crippen LogP contribution is 2.50. The van der Waals surface area contributed by atoms with Crippen molar-refractivity contribution in [1.82, 2.24) is 0 Å². The molecule has 1 aliphatic heterocycles. The second-order valence-corrected chi connectivity index (χ2v) is 7.29. The predicted molar refractivity (Wildman–Crippen MR) is 69.0 cm³/mol. The summed E-state index contributed by atoms with van der Waals surface area (Å²) in [7, 11) is 0. The van der Waals surface area contributed by atoms with Crippen LogP contribution in [0.15, 0.2) is 0 Å².